The molecule has 1 aromatic carbocycles. The van der Waals surface area contributed by atoms with Crippen LogP contribution in [0.25, 0.3) is 0 Å². The monoisotopic (exact) mass is 357 g/mol. The van der Waals surface area contributed by atoms with Crippen LogP contribution in [0.5, 0.6) is 0 Å². The van der Waals surface area contributed by atoms with E-state index in [-0.39, 0.29) is 11.4 Å². The van der Waals surface area contributed by atoms with Crippen LogP contribution in [0.15, 0.2) is 33.8 Å². The normalized spacial score (nSPS) is 11.6. The average Bonchev–Trinajstić information content (AvgIpc) is 2.83. The maximum Gasteiger partial charge on any atom is 0.263 e. The minimum atomic E-state index is -3.61. The molecule has 2 aromatic rings. The van der Waals surface area contributed by atoms with Crippen LogP contribution < -0.4 is 10.5 Å². The summed E-state index contributed by atoms with van der Waals surface area (Å²) in [5.74, 6) is 0. The minimum absolute atomic E-state index is 0.180. The van der Waals surface area contributed by atoms with Crippen LogP contribution in [0.4, 0.5) is 5.69 Å². The molecule has 4 N–H and O–H groups in total. The van der Waals surface area contributed by atoms with Gasteiger partial charge in [0.25, 0.3) is 10.0 Å². The van der Waals surface area contributed by atoms with E-state index in [0.29, 0.717) is 11.4 Å². The Balaban J connectivity index is 2.38. The highest BCUT2D eigenvalue weighted by molar-refractivity contribution is 9.10. The summed E-state index contributed by atoms with van der Waals surface area (Å²) in [7, 11) is -3.61. The highest BCUT2D eigenvalue weighted by atomic mass is 79.9. The van der Waals surface area contributed by atoms with Gasteiger partial charge >= 0.3 is 0 Å². The molecule has 5 nitrogen and oxygen atoms in total. The van der Waals surface area contributed by atoms with Crippen LogP contribution in [0.1, 0.15) is 16.8 Å². The molecule has 0 bridgehead atoms. The maximum atomic E-state index is 12.3. The predicted molar refractivity (Wildman–Crippen MR) is 83.1 cm³/mol. The summed E-state index contributed by atoms with van der Waals surface area (Å²) < 4.78 is 28.2. The molecule has 0 radical (unpaired) electrons. The fraction of sp³-hybridized carbons (Fsp3) is 0.231. The number of hydrogen-bond acceptors (Lipinski definition) is 3. The van der Waals surface area contributed by atoms with Crippen molar-refractivity contribution in [2.24, 2.45) is 5.73 Å². The SMILES string of the molecule is Cc1cc(Br)cc(C)c1NS(=O)(=O)c1c[nH]c(CN)c1. The summed E-state index contributed by atoms with van der Waals surface area (Å²) in [4.78, 5) is 3.01. The third-order valence-electron chi connectivity index (χ3n) is 2.98. The van der Waals surface area contributed by atoms with Gasteiger partial charge in [0.15, 0.2) is 0 Å². The number of H-pyrrole nitrogens is 1. The average molecular weight is 358 g/mol. The lowest BCUT2D eigenvalue weighted by Crippen LogP contribution is -2.14. The molecule has 108 valence electrons. The van der Waals surface area contributed by atoms with Gasteiger partial charge in [-0.15, -0.1) is 0 Å². The van der Waals surface area contributed by atoms with E-state index in [9.17, 15) is 8.42 Å². The zero-order valence-corrected chi connectivity index (χ0v) is 13.6. The summed E-state index contributed by atoms with van der Waals surface area (Å²) in [5.41, 5.74) is 8.46. The third kappa shape index (κ3) is 3.05. The molecule has 1 aromatic heterocycles. The number of anilines is 1. The summed E-state index contributed by atoms with van der Waals surface area (Å²) in [5, 5.41) is 0. The summed E-state index contributed by atoms with van der Waals surface area (Å²) in [6.45, 7) is 3.99. The van der Waals surface area contributed by atoms with Crippen molar-refractivity contribution >= 4 is 31.6 Å². The van der Waals surface area contributed by atoms with Crippen LogP contribution >= 0.6 is 15.9 Å². The Kier molecular flexibility index (Phi) is 4.22. The molecule has 0 aliphatic rings. The number of nitrogens with one attached hydrogen (secondary N) is 2. The summed E-state index contributed by atoms with van der Waals surface area (Å²) in [6.07, 6.45) is 1.44. The van der Waals surface area contributed by atoms with Gasteiger partial charge in [0.05, 0.1) is 5.69 Å². The van der Waals surface area contributed by atoms with Crippen molar-refractivity contribution in [3.63, 3.8) is 0 Å². The molecule has 0 fully saturated rings. The van der Waals surface area contributed by atoms with Gasteiger partial charge in [0.2, 0.25) is 0 Å². The first kappa shape index (κ1) is 15.1. The lowest BCUT2D eigenvalue weighted by molar-refractivity contribution is 0.601. The number of hydrogen-bond donors (Lipinski definition) is 3. The van der Waals surface area contributed by atoms with Crippen LogP contribution in [0, 0.1) is 13.8 Å². The zero-order chi connectivity index (χ0) is 14.9. The van der Waals surface area contributed by atoms with Crippen molar-refractivity contribution in [2.45, 2.75) is 25.3 Å². The molecular weight excluding hydrogens is 342 g/mol. The van der Waals surface area contributed by atoms with Crippen LogP contribution in [0.3, 0.4) is 0 Å². The second-order valence-electron chi connectivity index (χ2n) is 4.58. The Morgan fingerprint density at radius 1 is 1.25 bits per heavy atom. The third-order valence-corrected chi connectivity index (χ3v) is 4.77. The molecule has 2 rings (SSSR count). The van der Waals surface area contributed by atoms with E-state index in [2.05, 4.69) is 25.6 Å². The molecule has 0 amide bonds. The second kappa shape index (κ2) is 5.59. The van der Waals surface area contributed by atoms with Crippen LogP contribution in [0.2, 0.25) is 0 Å². The largest absolute Gasteiger partial charge is 0.363 e. The van der Waals surface area contributed by atoms with Crippen molar-refractivity contribution in [1.29, 1.82) is 0 Å². The zero-order valence-electron chi connectivity index (χ0n) is 11.2. The molecule has 20 heavy (non-hydrogen) atoms. The van der Waals surface area contributed by atoms with E-state index in [1.807, 2.05) is 26.0 Å². The Bertz CT molecular complexity index is 715. The lowest BCUT2D eigenvalue weighted by Gasteiger charge is -2.13. The molecule has 0 aliphatic carbocycles. The number of rotatable bonds is 4. The number of sulfonamides is 1. The molecule has 7 heteroatoms. The van der Waals surface area contributed by atoms with Crippen molar-refractivity contribution in [1.82, 2.24) is 4.98 Å². The highest BCUT2D eigenvalue weighted by Gasteiger charge is 2.18. The Morgan fingerprint density at radius 2 is 1.85 bits per heavy atom. The fourth-order valence-corrected chi connectivity index (χ4v) is 3.86. The Labute approximate surface area is 126 Å². The molecular formula is C13H16BrN3O2S. The van der Waals surface area contributed by atoms with Gasteiger partial charge in [-0.1, -0.05) is 15.9 Å². The first-order valence-electron chi connectivity index (χ1n) is 6.00. The number of benzene rings is 1. The molecule has 1 heterocycles. The molecule has 0 unspecified atom stereocenters. The first-order valence-corrected chi connectivity index (χ1v) is 8.28. The number of nitrogens with two attached hydrogens (primary N) is 1. The minimum Gasteiger partial charge on any atom is -0.363 e. The molecule has 0 atom stereocenters. The van der Waals surface area contributed by atoms with E-state index in [1.165, 1.54) is 12.3 Å². The van der Waals surface area contributed by atoms with Gasteiger partial charge in [-0.25, -0.2) is 8.42 Å². The number of aromatic nitrogens is 1. The lowest BCUT2D eigenvalue weighted by atomic mass is 10.1. The van der Waals surface area contributed by atoms with E-state index >= 15 is 0 Å². The highest BCUT2D eigenvalue weighted by Crippen LogP contribution is 2.27. The van der Waals surface area contributed by atoms with Gasteiger partial charge in [-0.2, -0.15) is 0 Å². The van der Waals surface area contributed by atoms with Crippen molar-refractivity contribution in [3.8, 4) is 0 Å². The summed E-state index contributed by atoms with van der Waals surface area (Å²) in [6, 6.07) is 5.27. The smallest absolute Gasteiger partial charge is 0.263 e. The number of aromatic amines is 1. The molecule has 0 aliphatic heterocycles. The van der Waals surface area contributed by atoms with Gasteiger partial charge in [0.1, 0.15) is 4.90 Å². The van der Waals surface area contributed by atoms with E-state index in [4.69, 9.17) is 5.73 Å². The van der Waals surface area contributed by atoms with Crippen LogP contribution in [-0.4, -0.2) is 13.4 Å². The molecule has 0 saturated heterocycles. The standard InChI is InChI=1S/C13H16BrN3O2S/c1-8-3-10(14)4-9(2)13(8)17-20(18,19)12-5-11(6-15)16-7-12/h3-5,7,16-17H,6,15H2,1-2H3. The topological polar surface area (TPSA) is 88.0 Å². The van der Waals surface area contributed by atoms with Crippen molar-refractivity contribution < 1.29 is 8.42 Å². The van der Waals surface area contributed by atoms with Crippen molar-refractivity contribution in [2.75, 3.05) is 4.72 Å². The summed E-state index contributed by atoms with van der Waals surface area (Å²) >= 11 is 3.39. The quantitative estimate of drug-likeness (QED) is 0.785. The van der Waals surface area contributed by atoms with Gasteiger partial charge in [-0.3, -0.25) is 4.72 Å². The maximum absolute atomic E-state index is 12.3. The molecule has 0 saturated carbocycles. The molecule has 0 spiro atoms. The van der Waals surface area contributed by atoms with E-state index in [1.54, 1.807) is 0 Å². The Hall–Kier alpha value is -1.31. The van der Waals surface area contributed by atoms with Gasteiger partial charge in [0, 0.05) is 22.9 Å². The van der Waals surface area contributed by atoms with Crippen molar-refractivity contribution in [3.05, 3.63) is 45.7 Å². The second-order valence-corrected chi connectivity index (χ2v) is 7.18. The number of halogens is 1. The van der Waals surface area contributed by atoms with Crippen LogP contribution in [-0.2, 0) is 16.6 Å². The van der Waals surface area contributed by atoms with Gasteiger partial charge in [-0.05, 0) is 43.2 Å². The van der Waals surface area contributed by atoms with Gasteiger partial charge < -0.3 is 10.7 Å². The first-order chi connectivity index (χ1) is 9.33. The van der Waals surface area contributed by atoms with E-state index < -0.39 is 10.0 Å². The number of aryl methyl sites for hydroxylation is 2. The van der Waals surface area contributed by atoms with E-state index in [0.717, 1.165) is 15.6 Å². The Morgan fingerprint density at radius 3 is 2.35 bits per heavy atom. The fourth-order valence-electron chi connectivity index (χ4n) is 1.96. The predicted octanol–water partition coefficient (Wildman–Crippen LogP) is 2.65.